The molecule has 12 nitrogen and oxygen atoms in total. The molecule has 0 spiro atoms. The van der Waals surface area contributed by atoms with Crippen LogP contribution in [0, 0.1) is 10.1 Å². The van der Waals surface area contributed by atoms with Gasteiger partial charge >= 0.3 is 5.97 Å². The van der Waals surface area contributed by atoms with E-state index in [0.717, 1.165) is 5.56 Å². The molecule has 0 aliphatic carbocycles. The number of aromatic nitrogens is 4. The average molecular weight is 426 g/mol. The van der Waals surface area contributed by atoms with Crippen LogP contribution in [0.3, 0.4) is 0 Å². The number of anilines is 1. The Kier molecular flexibility index (Phi) is 6.60. The molecule has 3 rings (SSSR count). The molecule has 12 heteroatoms. The van der Waals surface area contributed by atoms with E-state index in [2.05, 4.69) is 25.3 Å². The summed E-state index contributed by atoms with van der Waals surface area (Å²) in [5.74, 6) is -0.727. The van der Waals surface area contributed by atoms with Crippen molar-refractivity contribution in [3.8, 4) is 5.88 Å². The Morgan fingerprint density at radius 2 is 1.87 bits per heavy atom. The number of fused-ring (bicyclic) bond motifs is 1. The molecule has 2 aromatic heterocycles. The highest BCUT2D eigenvalue weighted by molar-refractivity contribution is 5.88. The standard InChI is InChI=1S/C19H18N6O6/c1-11(26)21-19-23-17-16(22-14(9-20-17)10-31-12(2)27)18(24-19)30-8-7-13-3-5-15(6-4-13)25(28)29/h3-6,9H,7-8,10H2,1-2H3,(H,20,21,23,24,26). The largest absolute Gasteiger partial charge is 0.476 e. The molecular weight excluding hydrogens is 408 g/mol. The van der Waals surface area contributed by atoms with Crippen LogP contribution in [0.2, 0.25) is 0 Å². The third kappa shape index (κ3) is 5.88. The Morgan fingerprint density at radius 1 is 1.13 bits per heavy atom. The first-order valence-electron chi connectivity index (χ1n) is 9.12. The van der Waals surface area contributed by atoms with Crippen molar-refractivity contribution >= 4 is 34.7 Å². The number of amides is 1. The number of esters is 1. The summed E-state index contributed by atoms with van der Waals surface area (Å²) >= 11 is 0. The van der Waals surface area contributed by atoms with E-state index in [1.165, 1.54) is 32.2 Å². The van der Waals surface area contributed by atoms with Crippen molar-refractivity contribution in [2.45, 2.75) is 26.9 Å². The molecular formula is C19H18N6O6. The van der Waals surface area contributed by atoms with Gasteiger partial charge in [0.1, 0.15) is 6.61 Å². The Morgan fingerprint density at radius 3 is 2.52 bits per heavy atom. The lowest BCUT2D eigenvalue weighted by molar-refractivity contribution is -0.384. The van der Waals surface area contributed by atoms with Gasteiger partial charge in [0, 0.05) is 32.4 Å². The van der Waals surface area contributed by atoms with Crippen LogP contribution in [0.25, 0.3) is 11.2 Å². The molecule has 0 aliphatic rings. The number of carbonyl (C=O) groups excluding carboxylic acids is 2. The lowest BCUT2D eigenvalue weighted by Crippen LogP contribution is -2.12. The van der Waals surface area contributed by atoms with Gasteiger partial charge in [0.25, 0.3) is 5.69 Å². The molecule has 3 aromatic rings. The summed E-state index contributed by atoms with van der Waals surface area (Å²) in [5, 5.41) is 13.2. The van der Waals surface area contributed by atoms with E-state index in [9.17, 15) is 19.7 Å². The number of hydrogen-bond acceptors (Lipinski definition) is 10. The zero-order valence-electron chi connectivity index (χ0n) is 16.7. The molecule has 0 unspecified atom stereocenters. The molecule has 160 valence electrons. The molecule has 0 fully saturated rings. The molecule has 1 amide bonds. The Hall–Kier alpha value is -4.22. The van der Waals surface area contributed by atoms with Gasteiger partial charge in [0.2, 0.25) is 17.7 Å². The van der Waals surface area contributed by atoms with Crippen LogP contribution in [-0.4, -0.2) is 43.3 Å². The minimum absolute atomic E-state index is 0.00185. The number of nitrogens with zero attached hydrogens (tertiary/aromatic N) is 5. The van der Waals surface area contributed by atoms with Crippen LogP contribution in [0.5, 0.6) is 5.88 Å². The van der Waals surface area contributed by atoms with E-state index in [4.69, 9.17) is 9.47 Å². The minimum Gasteiger partial charge on any atom is -0.476 e. The van der Waals surface area contributed by atoms with Crippen LogP contribution in [0.15, 0.2) is 30.5 Å². The summed E-state index contributed by atoms with van der Waals surface area (Å²) in [7, 11) is 0. The third-order valence-electron chi connectivity index (χ3n) is 3.91. The highest BCUT2D eigenvalue weighted by atomic mass is 16.6. The predicted octanol–water partition coefficient (Wildman–Crippen LogP) is 1.97. The zero-order valence-corrected chi connectivity index (χ0v) is 16.7. The number of non-ortho nitro benzene ring substituents is 1. The average Bonchev–Trinajstić information content (AvgIpc) is 2.72. The molecule has 0 bridgehead atoms. The van der Waals surface area contributed by atoms with Gasteiger partial charge in [-0.2, -0.15) is 9.97 Å². The highest BCUT2D eigenvalue weighted by Crippen LogP contribution is 2.22. The number of nitro benzene ring substituents is 1. The van der Waals surface area contributed by atoms with Crippen molar-refractivity contribution in [1.82, 2.24) is 19.9 Å². The number of nitro groups is 1. The molecule has 31 heavy (non-hydrogen) atoms. The lowest BCUT2D eigenvalue weighted by atomic mass is 10.1. The Balaban J connectivity index is 1.82. The first-order valence-corrected chi connectivity index (χ1v) is 9.12. The maximum absolute atomic E-state index is 11.4. The maximum atomic E-state index is 11.4. The smallest absolute Gasteiger partial charge is 0.303 e. The zero-order chi connectivity index (χ0) is 22.4. The van der Waals surface area contributed by atoms with E-state index in [1.54, 1.807) is 12.1 Å². The summed E-state index contributed by atoms with van der Waals surface area (Å²) in [4.78, 5) is 49.5. The summed E-state index contributed by atoms with van der Waals surface area (Å²) in [6, 6.07) is 6.10. The van der Waals surface area contributed by atoms with E-state index in [0.29, 0.717) is 12.1 Å². The maximum Gasteiger partial charge on any atom is 0.303 e. The third-order valence-corrected chi connectivity index (χ3v) is 3.91. The number of ether oxygens (including phenoxy) is 2. The predicted molar refractivity (Wildman–Crippen MR) is 107 cm³/mol. The van der Waals surface area contributed by atoms with Gasteiger partial charge in [0.15, 0.2) is 11.2 Å². The van der Waals surface area contributed by atoms with E-state index in [-0.39, 0.29) is 47.8 Å². The Labute approximate surface area is 175 Å². The fourth-order valence-electron chi connectivity index (χ4n) is 2.53. The van der Waals surface area contributed by atoms with Crippen molar-refractivity contribution in [2.24, 2.45) is 0 Å². The minimum atomic E-state index is -0.469. The molecule has 0 saturated carbocycles. The van der Waals surface area contributed by atoms with Crippen molar-refractivity contribution in [3.63, 3.8) is 0 Å². The van der Waals surface area contributed by atoms with Crippen LogP contribution < -0.4 is 10.1 Å². The SMILES string of the molecule is CC(=O)Nc1nc(OCCc2ccc([N+](=O)[O-])cc2)c2nc(COC(C)=O)cnc2n1. The molecule has 2 heterocycles. The molecule has 0 atom stereocenters. The van der Waals surface area contributed by atoms with Gasteiger partial charge in [-0.1, -0.05) is 12.1 Å². The van der Waals surface area contributed by atoms with Crippen molar-refractivity contribution in [1.29, 1.82) is 0 Å². The molecule has 0 saturated heterocycles. The van der Waals surface area contributed by atoms with Crippen molar-refractivity contribution in [2.75, 3.05) is 11.9 Å². The molecule has 1 aromatic carbocycles. The van der Waals surface area contributed by atoms with E-state index >= 15 is 0 Å². The summed E-state index contributed by atoms with van der Waals surface area (Å²) in [6.07, 6.45) is 1.84. The van der Waals surface area contributed by atoms with Gasteiger partial charge in [-0.3, -0.25) is 25.0 Å². The van der Waals surface area contributed by atoms with Crippen molar-refractivity contribution in [3.05, 3.63) is 51.8 Å². The van der Waals surface area contributed by atoms with E-state index < -0.39 is 10.9 Å². The summed E-state index contributed by atoms with van der Waals surface area (Å²) in [5.41, 5.74) is 1.63. The lowest BCUT2D eigenvalue weighted by Gasteiger charge is -2.10. The summed E-state index contributed by atoms with van der Waals surface area (Å²) in [6.45, 7) is 2.70. The van der Waals surface area contributed by atoms with Crippen LogP contribution >= 0.6 is 0 Å². The van der Waals surface area contributed by atoms with Gasteiger partial charge in [-0.15, -0.1) is 0 Å². The summed E-state index contributed by atoms with van der Waals surface area (Å²) < 4.78 is 10.7. The van der Waals surface area contributed by atoms with Crippen LogP contribution in [-0.2, 0) is 27.4 Å². The van der Waals surface area contributed by atoms with Gasteiger partial charge in [-0.25, -0.2) is 9.97 Å². The second-order valence-corrected chi connectivity index (χ2v) is 6.37. The number of benzene rings is 1. The second kappa shape index (κ2) is 9.52. The number of rotatable bonds is 8. The highest BCUT2D eigenvalue weighted by Gasteiger charge is 2.14. The number of carbonyl (C=O) groups is 2. The van der Waals surface area contributed by atoms with Crippen LogP contribution in [0.4, 0.5) is 11.6 Å². The molecule has 0 aliphatic heterocycles. The number of hydrogen-bond donors (Lipinski definition) is 1. The topological polar surface area (TPSA) is 159 Å². The fraction of sp³-hybridized carbons (Fsp3) is 0.263. The first kappa shape index (κ1) is 21.5. The second-order valence-electron chi connectivity index (χ2n) is 6.37. The number of nitrogens with one attached hydrogen (secondary N) is 1. The fourth-order valence-corrected chi connectivity index (χ4v) is 2.53. The van der Waals surface area contributed by atoms with Crippen LogP contribution in [0.1, 0.15) is 25.1 Å². The monoisotopic (exact) mass is 426 g/mol. The molecule has 1 N–H and O–H groups in total. The quantitative estimate of drug-likeness (QED) is 0.320. The first-order chi connectivity index (χ1) is 14.8. The van der Waals surface area contributed by atoms with Gasteiger partial charge < -0.3 is 9.47 Å². The Bertz CT molecular complexity index is 1130. The van der Waals surface area contributed by atoms with Gasteiger partial charge in [0.05, 0.1) is 23.4 Å². The molecule has 0 radical (unpaired) electrons. The van der Waals surface area contributed by atoms with E-state index in [1.807, 2.05) is 0 Å². The normalized spacial score (nSPS) is 10.5. The van der Waals surface area contributed by atoms with Gasteiger partial charge in [-0.05, 0) is 5.56 Å². The van der Waals surface area contributed by atoms with Crippen molar-refractivity contribution < 1.29 is 24.0 Å².